The molecule has 0 amide bonds. The third-order valence-electron chi connectivity index (χ3n) is 3.96. The summed E-state index contributed by atoms with van der Waals surface area (Å²) in [6, 6.07) is 8.70. The quantitative estimate of drug-likeness (QED) is 0.753. The molecule has 2 saturated carbocycles. The Kier molecular flexibility index (Phi) is 2.33. The number of hydrogen-bond acceptors (Lipinski definition) is 2. The van der Waals surface area contributed by atoms with Gasteiger partial charge in [0.1, 0.15) is 9.84 Å². The molecule has 2 fully saturated rings. The van der Waals surface area contributed by atoms with Crippen LogP contribution in [0.15, 0.2) is 47.4 Å². The van der Waals surface area contributed by atoms with Crippen molar-refractivity contribution in [3.8, 4) is 0 Å². The maximum atomic E-state index is 12.5. The summed E-state index contributed by atoms with van der Waals surface area (Å²) in [5.41, 5.74) is 0.866. The molecular formula is C14H15O2S-. The van der Waals surface area contributed by atoms with E-state index >= 15 is 0 Å². The van der Waals surface area contributed by atoms with Crippen LogP contribution in [0.5, 0.6) is 0 Å². The van der Waals surface area contributed by atoms with Crippen LogP contribution in [-0.2, 0) is 9.84 Å². The fourth-order valence-corrected chi connectivity index (χ4v) is 5.05. The summed E-state index contributed by atoms with van der Waals surface area (Å²) in [5.74, 6) is 0.631. The van der Waals surface area contributed by atoms with Crippen molar-refractivity contribution in [3.05, 3.63) is 47.7 Å². The van der Waals surface area contributed by atoms with Crippen molar-refractivity contribution in [1.29, 1.82) is 0 Å². The highest BCUT2D eigenvalue weighted by Crippen LogP contribution is 2.55. The summed E-state index contributed by atoms with van der Waals surface area (Å²) in [7, 11) is -3.30. The lowest BCUT2D eigenvalue weighted by Gasteiger charge is -2.32. The van der Waals surface area contributed by atoms with Crippen molar-refractivity contribution in [1.82, 2.24) is 0 Å². The van der Waals surface area contributed by atoms with E-state index in [1.54, 1.807) is 24.3 Å². The van der Waals surface area contributed by atoms with E-state index in [9.17, 15) is 8.42 Å². The first-order valence-corrected chi connectivity index (χ1v) is 7.45. The summed E-state index contributed by atoms with van der Waals surface area (Å²) in [6.07, 6.45) is 3.10. The number of benzene rings is 1. The third-order valence-corrected chi connectivity index (χ3v) is 6.02. The molecule has 0 N–H and O–H groups in total. The van der Waals surface area contributed by atoms with Gasteiger partial charge in [0.2, 0.25) is 0 Å². The monoisotopic (exact) mass is 247 g/mol. The van der Waals surface area contributed by atoms with Gasteiger partial charge in [-0.05, 0) is 18.1 Å². The van der Waals surface area contributed by atoms with Crippen LogP contribution in [0, 0.1) is 17.1 Å². The van der Waals surface area contributed by atoms with Gasteiger partial charge in [-0.2, -0.15) is 5.57 Å². The van der Waals surface area contributed by atoms with Gasteiger partial charge in [-0.1, -0.05) is 48.6 Å². The molecule has 17 heavy (non-hydrogen) atoms. The van der Waals surface area contributed by atoms with Gasteiger partial charge in [0.05, 0.1) is 4.90 Å². The number of rotatable bonds is 2. The summed E-state index contributed by atoms with van der Waals surface area (Å²) < 4.78 is 25.1. The van der Waals surface area contributed by atoms with Crippen molar-refractivity contribution >= 4 is 9.84 Å². The molecular weight excluding hydrogens is 232 g/mol. The molecule has 0 radical (unpaired) electrons. The van der Waals surface area contributed by atoms with Crippen LogP contribution in [-0.4, -0.2) is 8.42 Å². The Morgan fingerprint density at radius 2 is 1.88 bits per heavy atom. The lowest BCUT2D eigenvalue weighted by Crippen LogP contribution is -2.21. The van der Waals surface area contributed by atoms with Crippen LogP contribution in [0.3, 0.4) is 0 Å². The fourth-order valence-electron chi connectivity index (χ4n) is 3.12. The van der Waals surface area contributed by atoms with Crippen molar-refractivity contribution in [3.63, 3.8) is 0 Å². The average Bonchev–Trinajstić information content (AvgIpc) is 2.90. The van der Waals surface area contributed by atoms with E-state index in [-0.39, 0.29) is 5.92 Å². The Bertz CT molecular complexity index is 545. The lowest BCUT2D eigenvalue weighted by atomic mass is 9.96. The molecule has 0 aromatic heterocycles. The average molecular weight is 247 g/mol. The van der Waals surface area contributed by atoms with E-state index < -0.39 is 9.84 Å². The largest absolute Gasteiger partial charge is 0.240 e. The predicted molar refractivity (Wildman–Crippen MR) is 66.8 cm³/mol. The van der Waals surface area contributed by atoms with Crippen LogP contribution >= 0.6 is 0 Å². The van der Waals surface area contributed by atoms with E-state index in [2.05, 4.69) is 6.58 Å². The standard InChI is InChI=1S/C14H15O2S/c1-10-11-7-8-12(9-11)14(10)17(15,16)13-5-3-2-4-6-13/h2-6,11-12H,1,7-9H2/q-1/t11-,12+/m0/s1. The molecule has 2 aliphatic carbocycles. The van der Waals surface area contributed by atoms with E-state index in [1.165, 1.54) is 0 Å². The van der Waals surface area contributed by atoms with Crippen LogP contribution < -0.4 is 0 Å². The minimum Gasteiger partial charge on any atom is -0.240 e. The molecule has 0 aliphatic heterocycles. The molecule has 2 atom stereocenters. The molecule has 0 unspecified atom stereocenters. The van der Waals surface area contributed by atoms with Gasteiger partial charge < -0.3 is 0 Å². The SMILES string of the molecule is C=C1[C-](S(=O)(=O)c2ccccc2)[C@@H]2CC[C@H]1C2. The maximum absolute atomic E-state index is 12.5. The van der Waals surface area contributed by atoms with Crippen LogP contribution in [0.1, 0.15) is 19.3 Å². The normalized spacial score (nSPS) is 27.8. The second-order valence-electron chi connectivity index (χ2n) is 4.91. The Hall–Kier alpha value is -1.22. The van der Waals surface area contributed by atoms with Gasteiger partial charge in [0.25, 0.3) is 0 Å². The Morgan fingerprint density at radius 3 is 2.47 bits per heavy atom. The summed E-state index contributed by atoms with van der Waals surface area (Å²) in [5, 5.41) is 0.611. The van der Waals surface area contributed by atoms with Gasteiger partial charge in [0.15, 0.2) is 0 Å². The van der Waals surface area contributed by atoms with Gasteiger partial charge in [-0.3, -0.25) is 0 Å². The van der Waals surface area contributed by atoms with Crippen molar-refractivity contribution in [2.24, 2.45) is 11.8 Å². The van der Waals surface area contributed by atoms with Crippen LogP contribution in [0.2, 0.25) is 0 Å². The Morgan fingerprint density at radius 1 is 1.18 bits per heavy atom. The minimum absolute atomic E-state index is 0.220. The molecule has 0 heterocycles. The molecule has 3 rings (SSSR count). The fraction of sp³-hybridized carbons (Fsp3) is 0.357. The van der Waals surface area contributed by atoms with E-state index in [0.717, 1.165) is 24.8 Å². The molecule has 2 bridgehead atoms. The van der Waals surface area contributed by atoms with Crippen LogP contribution in [0.4, 0.5) is 0 Å². The molecule has 1 aromatic rings. The zero-order valence-corrected chi connectivity index (χ0v) is 10.4. The minimum atomic E-state index is -3.30. The lowest BCUT2D eigenvalue weighted by molar-refractivity contribution is 0.568. The smallest absolute Gasteiger partial charge is 0.136 e. The molecule has 1 aromatic carbocycles. The summed E-state index contributed by atoms with van der Waals surface area (Å²) in [4.78, 5) is 0.406. The van der Waals surface area contributed by atoms with Crippen LogP contribution in [0.25, 0.3) is 0 Å². The molecule has 90 valence electrons. The molecule has 2 nitrogen and oxygen atoms in total. The third kappa shape index (κ3) is 1.53. The first kappa shape index (κ1) is 10.9. The second kappa shape index (κ2) is 3.64. The highest BCUT2D eigenvalue weighted by molar-refractivity contribution is 7.94. The Labute approximate surface area is 102 Å². The highest BCUT2D eigenvalue weighted by Gasteiger charge is 2.41. The van der Waals surface area contributed by atoms with Gasteiger partial charge in [0, 0.05) is 0 Å². The molecule has 0 saturated heterocycles. The number of fused-ring (bicyclic) bond motifs is 2. The van der Waals surface area contributed by atoms with Crippen molar-refractivity contribution in [2.45, 2.75) is 24.2 Å². The maximum Gasteiger partial charge on any atom is 0.136 e. The van der Waals surface area contributed by atoms with Gasteiger partial charge in [-0.25, -0.2) is 15.0 Å². The summed E-state index contributed by atoms with van der Waals surface area (Å²) in [6.45, 7) is 3.99. The molecule has 2 aliphatic rings. The van der Waals surface area contributed by atoms with Crippen molar-refractivity contribution < 1.29 is 8.42 Å². The van der Waals surface area contributed by atoms with E-state index in [1.807, 2.05) is 6.07 Å². The van der Waals surface area contributed by atoms with E-state index in [4.69, 9.17) is 0 Å². The first-order valence-electron chi connectivity index (χ1n) is 5.97. The first-order chi connectivity index (χ1) is 8.10. The molecule has 0 spiro atoms. The predicted octanol–water partition coefficient (Wildman–Crippen LogP) is 2.98. The number of hydrogen-bond donors (Lipinski definition) is 0. The topological polar surface area (TPSA) is 34.1 Å². The summed E-state index contributed by atoms with van der Waals surface area (Å²) >= 11 is 0. The highest BCUT2D eigenvalue weighted by atomic mass is 32.2. The van der Waals surface area contributed by atoms with Crippen molar-refractivity contribution in [2.75, 3.05) is 0 Å². The number of sulfone groups is 1. The zero-order chi connectivity index (χ0) is 12.0. The molecule has 3 heteroatoms. The van der Waals surface area contributed by atoms with E-state index in [0.29, 0.717) is 16.1 Å². The van der Waals surface area contributed by atoms with Gasteiger partial charge >= 0.3 is 0 Å². The zero-order valence-electron chi connectivity index (χ0n) is 9.59. The Balaban J connectivity index is 2.03. The second-order valence-corrected chi connectivity index (χ2v) is 6.83. The van der Waals surface area contributed by atoms with Gasteiger partial charge in [-0.15, -0.1) is 0 Å².